The fraction of sp³-hybridized carbons (Fsp3) is 0.846. The van der Waals surface area contributed by atoms with Gasteiger partial charge >= 0.3 is 11.9 Å². The molecule has 322 valence electrons. The van der Waals surface area contributed by atoms with Crippen molar-refractivity contribution in [1.29, 1.82) is 0 Å². The maximum atomic E-state index is 13.0. The molecule has 12 unspecified atom stereocenters. The highest BCUT2D eigenvalue weighted by molar-refractivity contribution is 5.69. The third kappa shape index (κ3) is 18.4. The molecule has 1 aliphatic heterocycles. The molecule has 0 bridgehead atoms. The van der Waals surface area contributed by atoms with Crippen LogP contribution < -0.4 is 0 Å². The lowest BCUT2D eigenvalue weighted by Crippen LogP contribution is -2.62. The maximum absolute atomic E-state index is 13.0. The van der Waals surface area contributed by atoms with Crippen molar-refractivity contribution in [2.24, 2.45) is 0 Å². The van der Waals surface area contributed by atoms with Crippen LogP contribution in [0.2, 0.25) is 0 Å². The van der Waals surface area contributed by atoms with Gasteiger partial charge in [-0.25, -0.2) is 0 Å². The summed E-state index contributed by atoms with van der Waals surface area (Å²) in [5.41, 5.74) is -0.310. The number of carbonyl (C=O) groups is 2. The molecular formula is C39H70O16. The third-order valence-electron chi connectivity index (χ3n) is 9.69. The summed E-state index contributed by atoms with van der Waals surface area (Å²) in [5.74, 6) is -1.35. The van der Waals surface area contributed by atoms with Crippen LogP contribution in [0.5, 0.6) is 0 Å². The maximum Gasteiger partial charge on any atom is 0.306 e. The van der Waals surface area contributed by atoms with Crippen LogP contribution in [0, 0.1) is 0 Å². The van der Waals surface area contributed by atoms with Crippen molar-refractivity contribution in [3.05, 3.63) is 23.3 Å². The fourth-order valence-electron chi connectivity index (χ4n) is 6.17. The number of rotatable bonds is 28. The highest BCUT2D eigenvalue weighted by Gasteiger charge is 2.50. The molecule has 0 amide bonds. The second-order valence-corrected chi connectivity index (χ2v) is 14.9. The molecule has 16 nitrogen and oxygen atoms in total. The smallest absolute Gasteiger partial charge is 0.306 e. The van der Waals surface area contributed by atoms with E-state index in [-0.39, 0.29) is 25.9 Å². The molecule has 55 heavy (non-hydrogen) atoms. The van der Waals surface area contributed by atoms with Crippen LogP contribution in [0.4, 0.5) is 0 Å². The summed E-state index contributed by atoms with van der Waals surface area (Å²) in [7, 11) is 0. The Morgan fingerprint density at radius 1 is 0.873 bits per heavy atom. The van der Waals surface area contributed by atoms with E-state index in [0.29, 0.717) is 18.4 Å². The van der Waals surface area contributed by atoms with E-state index < -0.39 is 105 Å². The van der Waals surface area contributed by atoms with Gasteiger partial charge in [-0.2, -0.15) is 0 Å². The van der Waals surface area contributed by atoms with Gasteiger partial charge in [-0.3, -0.25) is 9.59 Å². The minimum absolute atomic E-state index is 0.0415. The summed E-state index contributed by atoms with van der Waals surface area (Å²) in [6, 6.07) is 0. The van der Waals surface area contributed by atoms with Gasteiger partial charge in [-0.1, -0.05) is 63.2 Å². The first-order valence-corrected chi connectivity index (χ1v) is 19.5. The van der Waals surface area contributed by atoms with Gasteiger partial charge in [-0.05, 0) is 52.5 Å². The Balaban J connectivity index is 3.43. The van der Waals surface area contributed by atoms with Gasteiger partial charge in [0.15, 0.2) is 12.4 Å². The Labute approximate surface area is 325 Å². The van der Waals surface area contributed by atoms with E-state index >= 15 is 0 Å². The Morgan fingerprint density at radius 2 is 1.49 bits per heavy atom. The first kappa shape index (κ1) is 51.0. The molecule has 0 saturated carbocycles. The highest BCUT2D eigenvalue weighted by atomic mass is 16.7. The van der Waals surface area contributed by atoms with E-state index in [1.165, 1.54) is 19.9 Å². The highest BCUT2D eigenvalue weighted by Crippen LogP contribution is 2.33. The zero-order valence-electron chi connectivity index (χ0n) is 33.5. The summed E-state index contributed by atoms with van der Waals surface area (Å²) in [6.07, 6.45) is -6.28. The van der Waals surface area contributed by atoms with Gasteiger partial charge in [0.25, 0.3) is 0 Å². The Hall–Kier alpha value is -2.06. The molecule has 12 atom stereocenters. The normalized spacial score (nSPS) is 24.9. The summed E-state index contributed by atoms with van der Waals surface area (Å²) >= 11 is 0. The van der Waals surface area contributed by atoms with E-state index in [1.807, 2.05) is 19.9 Å². The monoisotopic (exact) mass is 794 g/mol. The van der Waals surface area contributed by atoms with Gasteiger partial charge in [-0.15, -0.1) is 0 Å². The number of hydrogen-bond donors (Lipinski definition) is 9. The number of unbranched alkanes of at least 4 members (excludes halogenated alkanes) is 6. The molecule has 0 aromatic heterocycles. The van der Waals surface area contributed by atoms with E-state index in [4.69, 9.17) is 23.7 Å². The Bertz CT molecular complexity index is 1140. The minimum atomic E-state index is -1.76. The van der Waals surface area contributed by atoms with Crippen LogP contribution >= 0.6 is 0 Å². The lowest BCUT2D eigenvalue weighted by atomic mass is 9.87. The topological polar surface area (TPSA) is 262 Å². The number of esters is 2. The second-order valence-electron chi connectivity index (χ2n) is 14.9. The number of carbonyl (C=O) groups excluding carboxylic acids is 2. The number of hydrogen-bond acceptors (Lipinski definition) is 16. The van der Waals surface area contributed by atoms with E-state index in [0.717, 1.165) is 44.1 Å². The first-order valence-electron chi connectivity index (χ1n) is 19.5. The summed E-state index contributed by atoms with van der Waals surface area (Å²) < 4.78 is 29.0. The minimum Gasteiger partial charge on any atom is -0.458 e. The van der Waals surface area contributed by atoms with Crippen molar-refractivity contribution in [2.45, 2.75) is 185 Å². The SMILES string of the molecule is CCCCCCCCCC(=O)OC1C(OC(CC(OC(C)=O)C(C)=CCOC(C(O)CO)C(O)C(O)CO)C(C)(O)CCC=C(C)C)OC(CO)C(O)C1O. The molecule has 1 aliphatic rings. The first-order chi connectivity index (χ1) is 25.9. The molecule has 1 rings (SSSR count). The van der Waals surface area contributed by atoms with Crippen LogP contribution in [0.1, 0.15) is 112 Å². The van der Waals surface area contributed by atoms with Crippen LogP contribution in [0.3, 0.4) is 0 Å². The number of aliphatic hydroxyl groups excluding tert-OH is 8. The molecule has 9 N–H and O–H groups in total. The van der Waals surface area contributed by atoms with Crippen LogP contribution in [-0.4, -0.2) is 157 Å². The zero-order chi connectivity index (χ0) is 41.7. The quantitative estimate of drug-likeness (QED) is 0.0305. The second kappa shape index (κ2) is 26.8. The molecular weight excluding hydrogens is 724 g/mol. The zero-order valence-corrected chi connectivity index (χ0v) is 33.5. The lowest BCUT2D eigenvalue weighted by Gasteiger charge is -2.44. The Morgan fingerprint density at radius 3 is 2.05 bits per heavy atom. The molecule has 16 heteroatoms. The van der Waals surface area contributed by atoms with Gasteiger partial charge < -0.3 is 69.6 Å². The molecule has 0 spiro atoms. The van der Waals surface area contributed by atoms with Gasteiger partial charge in [0.1, 0.15) is 48.8 Å². The standard InChI is InChI=1S/C39H70O16/c1-7-8-9-10-11-12-13-16-32(46)55-37-35(49)34(48)30(23-42)53-38(37)54-31(39(6,50)18-14-15-24(2)3)20-29(52-26(5)43)25(4)17-19-51-36(28(45)22-41)33(47)27(44)21-40/h15,17,27-31,33-38,40-42,44-45,47-50H,7-14,16,18-23H2,1-6H3. The number of allylic oxidation sites excluding steroid dienone is 2. The predicted molar refractivity (Wildman–Crippen MR) is 200 cm³/mol. The van der Waals surface area contributed by atoms with Gasteiger partial charge in [0, 0.05) is 19.8 Å². The average Bonchev–Trinajstić information content (AvgIpc) is 3.13. The predicted octanol–water partition coefficient (Wildman–Crippen LogP) is 1.08. The van der Waals surface area contributed by atoms with Crippen molar-refractivity contribution >= 4 is 11.9 Å². The van der Waals surface area contributed by atoms with E-state index in [1.54, 1.807) is 6.92 Å². The van der Waals surface area contributed by atoms with Crippen LogP contribution in [-0.2, 0) is 33.3 Å². The van der Waals surface area contributed by atoms with E-state index in [2.05, 4.69) is 6.92 Å². The van der Waals surface area contributed by atoms with Crippen LogP contribution in [0.15, 0.2) is 23.3 Å². The molecule has 0 aromatic carbocycles. The molecule has 1 heterocycles. The Kier molecular flexibility index (Phi) is 24.8. The van der Waals surface area contributed by atoms with Crippen LogP contribution in [0.25, 0.3) is 0 Å². The summed E-state index contributed by atoms with van der Waals surface area (Å²) in [4.78, 5) is 25.3. The largest absolute Gasteiger partial charge is 0.458 e. The van der Waals surface area contributed by atoms with E-state index in [9.17, 15) is 55.5 Å². The van der Waals surface area contributed by atoms with Gasteiger partial charge in [0.2, 0.25) is 0 Å². The summed E-state index contributed by atoms with van der Waals surface area (Å²) in [6.45, 7) is 7.48. The number of ether oxygens (including phenoxy) is 5. The molecule has 0 aliphatic carbocycles. The summed E-state index contributed by atoms with van der Waals surface area (Å²) in [5, 5.41) is 92.7. The van der Waals surface area contributed by atoms with Crippen molar-refractivity contribution in [2.75, 3.05) is 26.4 Å². The molecule has 0 radical (unpaired) electrons. The van der Waals surface area contributed by atoms with Gasteiger partial charge in [0.05, 0.1) is 38.1 Å². The van der Waals surface area contributed by atoms with Crippen molar-refractivity contribution < 1.29 is 79.2 Å². The van der Waals surface area contributed by atoms with Crippen molar-refractivity contribution in [3.8, 4) is 0 Å². The average molecular weight is 795 g/mol. The lowest BCUT2D eigenvalue weighted by molar-refractivity contribution is -0.326. The molecule has 1 saturated heterocycles. The third-order valence-corrected chi connectivity index (χ3v) is 9.69. The van der Waals surface area contributed by atoms with Crippen molar-refractivity contribution in [1.82, 2.24) is 0 Å². The fourth-order valence-corrected chi connectivity index (χ4v) is 6.17. The molecule has 0 aromatic rings. The van der Waals surface area contributed by atoms with Crippen molar-refractivity contribution in [3.63, 3.8) is 0 Å². The number of aliphatic hydroxyl groups is 9. The molecule has 1 fully saturated rings.